The second-order valence-corrected chi connectivity index (χ2v) is 6.08. The molecule has 1 saturated carbocycles. The highest BCUT2D eigenvalue weighted by atomic mass is 15.2. The van der Waals surface area contributed by atoms with Gasteiger partial charge in [0.15, 0.2) is 0 Å². The number of para-hydroxylation sites is 1. The van der Waals surface area contributed by atoms with Gasteiger partial charge in [0.2, 0.25) is 0 Å². The average molecular weight is 258 g/mol. The molecule has 1 aliphatic carbocycles. The van der Waals surface area contributed by atoms with E-state index in [1.54, 1.807) is 0 Å². The predicted octanol–water partition coefficient (Wildman–Crippen LogP) is 3.75. The molecule has 1 aliphatic heterocycles. The number of hydrogen-bond donors (Lipinski definition) is 1. The Morgan fingerprint density at radius 2 is 1.79 bits per heavy atom. The number of anilines is 1. The van der Waals surface area contributed by atoms with Crippen LogP contribution in [-0.2, 0) is 0 Å². The highest BCUT2D eigenvalue weighted by Gasteiger charge is 2.32. The quantitative estimate of drug-likeness (QED) is 0.865. The van der Waals surface area contributed by atoms with Crippen LogP contribution in [0.25, 0.3) is 0 Å². The lowest BCUT2D eigenvalue weighted by atomic mass is 9.96. The van der Waals surface area contributed by atoms with E-state index in [0.717, 1.165) is 18.5 Å². The molecular weight excluding hydrogens is 232 g/mol. The van der Waals surface area contributed by atoms with Gasteiger partial charge >= 0.3 is 0 Å². The van der Waals surface area contributed by atoms with Gasteiger partial charge in [0.05, 0.1) is 0 Å². The lowest BCUT2D eigenvalue weighted by Crippen LogP contribution is -2.37. The van der Waals surface area contributed by atoms with Gasteiger partial charge in [0, 0.05) is 24.8 Å². The molecular formula is C17H26N2. The minimum atomic E-state index is 0.889. The minimum absolute atomic E-state index is 0.889. The first-order valence-electron chi connectivity index (χ1n) is 7.96. The van der Waals surface area contributed by atoms with Crippen molar-refractivity contribution in [2.75, 3.05) is 25.0 Å². The monoisotopic (exact) mass is 258 g/mol. The van der Waals surface area contributed by atoms with Crippen molar-refractivity contribution in [3.63, 3.8) is 0 Å². The van der Waals surface area contributed by atoms with Crippen molar-refractivity contribution in [2.24, 2.45) is 5.92 Å². The summed E-state index contributed by atoms with van der Waals surface area (Å²) in [6.45, 7) is 3.60. The first kappa shape index (κ1) is 13.0. The average Bonchev–Trinajstić information content (AvgIpc) is 3.10. The molecule has 3 rings (SSSR count). The molecule has 2 fully saturated rings. The van der Waals surface area contributed by atoms with Crippen LogP contribution in [0.1, 0.15) is 38.5 Å². The van der Waals surface area contributed by atoms with Crippen molar-refractivity contribution in [3.8, 4) is 0 Å². The van der Waals surface area contributed by atoms with E-state index in [9.17, 15) is 0 Å². The molecule has 1 unspecified atom stereocenters. The fourth-order valence-corrected chi connectivity index (χ4v) is 3.91. The van der Waals surface area contributed by atoms with Gasteiger partial charge in [-0.3, -0.25) is 4.90 Å². The third kappa shape index (κ3) is 3.30. The van der Waals surface area contributed by atoms with E-state index in [0.29, 0.717) is 0 Å². The van der Waals surface area contributed by atoms with E-state index in [-0.39, 0.29) is 0 Å². The van der Waals surface area contributed by atoms with Crippen LogP contribution in [0, 0.1) is 5.92 Å². The summed E-state index contributed by atoms with van der Waals surface area (Å²) in [4.78, 5) is 2.74. The van der Waals surface area contributed by atoms with Gasteiger partial charge in [-0.2, -0.15) is 0 Å². The lowest BCUT2D eigenvalue weighted by Gasteiger charge is -2.29. The van der Waals surface area contributed by atoms with Crippen LogP contribution < -0.4 is 5.32 Å². The molecule has 2 aliphatic rings. The molecule has 104 valence electrons. The molecule has 0 amide bonds. The van der Waals surface area contributed by atoms with Gasteiger partial charge in [-0.1, -0.05) is 31.0 Å². The summed E-state index contributed by atoms with van der Waals surface area (Å²) in [7, 11) is 0. The van der Waals surface area contributed by atoms with Gasteiger partial charge < -0.3 is 5.32 Å². The molecule has 0 radical (unpaired) electrons. The van der Waals surface area contributed by atoms with Crippen LogP contribution in [0.2, 0.25) is 0 Å². The summed E-state index contributed by atoms with van der Waals surface area (Å²) >= 11 is 0. The maximum Gasteiger partial charge on any atom is 0.0340 e. The molecule has 2 nitrogen and oxygen atoms in total. The number of benzene rings is 1. The second kappa shape index (κ2) is 6.42. The first-order chi connectivity index (χ1) is 9.43. The molecule has 1 atom stereocenters. The number of nitrogens with zero attached hydrogens (tertiary/aromatic N) is 1. The Kier molecular flexibility index (Phi) is 4.39. The zero-order valence-corrected chi connectivity index (χ0v) is 11.9. The van der Waals surface area contributed by atoms with Crippen LogP contribution in [0.4, 0.5) is 5.69 Å². The first-order valence-corrected chi connectivity index (χ1v) is 7.96. The Balaban J connectivity index is 1.46. The lowest BCUT2D eigenvalue weighted by molar-refractivity contribution is 0.197. The molecule has 1 aromatic carbocycles. The zero-order chi connectivity index (χ0) is 12.9. The van der Waals surface area contributed by atoms with Crippen molar-refractivity contribution in [1.29, 1.82) is 0 Å². The van der Waals surface area contributed by atoms with Gasteiger partial charge in [-0.25, -0.2) is 0 Å². The summed E-state index contributed by atoms with van der Waals surface area (Å²) < 4.78 is 0. The van der Waals surface area contributed by atoms with E-state index in [2.05, 4.69) is 40.5 Å². The Bertz CT molecular complexity index is 370. The highest BCUT2D eigenvalue weighted by Crippen LogP contribution is 2.35. The molecule has 1 aromatic rings. The standard InChI is InChI=1S/C17H26N2/c1-2-9-16(10-3-1)18-12-14-19-13-6-11-17(19)15-7-4-5-8-15/h1-3,9-10,15,17-18H,4-8,11-14H2. The largest absolute Gasteiger partial charge is 0.384 e. The molecule has 1 N–H and O–H groups in total. The van der Waals surface area contributed by atoms with Crippen molar-refractivity contribution in [3.05, 3.63) is 30.3 Å². The van der Waals surface area contributed by atoms with E-state index in [1.807, 2.05) is 0 Å². The van der Waals surface area contributed by atoms with Crippen LogP contribution in [0.5, 0.6) is 0 Å². The van der Waals surface area contributed by atoms with Crippen LogP contribution >= 0.6 is 0 Å². The predicted molar refractivity (Wildman–Crippen MR) is 81.5 cm³/mol. The third-order valence-corrected chi connectivity index (χ3v) is 4.86. The van der Waals surface area contributed by atoms with Crippen LogP contribution in [0.15, 0.2) is 30.3 Å². The molecule has 19 heavy (non-hydrogen) atoms. The number of rotatable bonds is 5. The minimum Gasteiger partial charge on any atom is -0.384 e. The Morgan fingerprint density at radius 3 is 2.58 bits per heavy atom. The molecule has 2 heteroatoms. The molecule has 0 spiro atoms. The van der Waals surface area contributed by atoms with Crippen molar-refractivity contribution in [1.82, 2.24) is 4.90 Å². The SMILES string of the molecule is c1ccc(NCCN2CCCC2C2CCCC2)cc1. The fourth-order valence-electron chi connectivity index (χ4n) is 3.91. The van der Waals surface area contributed by atoms with Crippen molar-refractivity contribution >= 4 is 5.69 Å². The van der Waals surface area contributed by atoms with Crippen LogP contribution in [-0.4, -0.2) is 30.6 Å². The van der Waals surface area contributed by atoms with Gasteiger partial charge in [-0.15, -0.1) is 0 Å². The maximum atomic E-state index is 3.54. The number of nitrogens with one attached hydrogen (secondary N) is 1. The molecule has 0 aromatic heterocycles. The van der Waals surface area contributed by atoms with Crippen molar-refractivity contribution < 1.29 is 0 Å². The smallest absolute Gasteiger partial charge is 0.0340 e. The fraction of sp³-hybridized carbons (Fsp3) is 0.647. The Labute approximate surface area is 117 Å². The summed E-state index contributed by atoms with van der Waals surface area (Å²) in [6, 6.07) is 11.5. The zero-order valence-electron chi connectivity index (χ0n) is 11.9. The van der Waals surface area contributed by atoms with Gasteiger partial charge in [-0.05, 0) is 50.3 Å². The molecule has 1 heterocycles. The maximum absolute atomic E-state index is 3.54. The third-order valence-electron chi connectivity index (χ3n) is 4.86. The van der Waals surface area contributed by atoms with E-state index in [4.69, 9.17) is 0 Å². The summed E-state index contributed by atoms with van der Waals surface area (Å²) in [6.07, 6.45) is 8.75. The van der Waals surface area contributed by atoms with Gasteiger partial charge in [0.1, 0.15) is 0 Å². The Morgan fingerprint density at radius 1 is 1.00 bits per heavy atom. The highest BCUT2D eigenvalue weighted by molar-refractivity contribution is 5.42. The normalized spacial score (nSPS) is 24.9. The summed E-state index contributed by atoms with van der Waals surface area (Å²) in [5.41, 5.74) is 1.25. The van der Waals surface area contributed by atoms with Crippen LogP contribution in [0.3, 0.4) is 0 Å². The Hall–Kier alpha value is -1.02. The van der Waals surface area contributed by atoms with E-state index >= 15 is 0 Å². The van der Waals surface area contributed by atoms with Crippen molar-refractivity contribution in [2.45, 2.75) is 44.6 Å². The topological polar surface area (TPSA) is 15.3 Å². The van der Waals surface area contributed by atoms with E-state index in [1.165, 1.54) is 57.3 Å². The van der Waals surface area contributed by atoms with Gasteiger partial charge in [0.25, 0.3) is 0 Å². The number of likely N-dealkylation sites (tertiary alicyclic amines) is 1. The molecule has 1 saturated heterocycles. The summed E-state index contributed by atoms with van der Waals surface area (Å²) in [5.74, 6) is 0.999. The second-order valence-electron chi connectivity index (χ2n) is 6.08. The summed E-state index contributed by atoms with van der Waals surface area (Å²) in [5, 5.41) is 3.54. The molecule has 0 bridgehead atoms. The van der Waals surface area contributed by atoms with E-state index < -0.39 is 0 Å². The number of hydrogen-bond acceptors (Lipinski definition) is 2.